The summed E-state index contributed by atoms with van der Waals surface area (Å²) in [5.74, 6) is -1.27. The molecule has 8 nitrogen and oxygen atoms in total. The van der Waals surface area contributed by atoms with E-state index in [4.69, 9.17) is 5.73 Å². The number of nitrogens with one attached hydrogen (secondary N) is 1. The fraction of sp³-hybridized carbons (Fsp3) is 0.136. The molecule has 0 aliphatic heterocycles. The van der Waals surface area contributed by atoms with Crippen molar-refractivity contribution in [1.29, 1.82) is 0 Å². The number of fused-ring (bicyclic) bond motifs is 2. The minimum atomic E-state index is -0.747. The van der Waals surface area contributed by atoms with Crippen molar-refractivity contribution in [2.75, 3.05) is 5.73 Å². The number of aryl methyl sites for hydroxylation is 1. The van der Waals surface area contributed by atoms with Crippen molar-refractivity contribution < 1.29 is 13.2 Å². The number of benzene rings is 2. The highest BCUT2D eigenvalue weighted by Crippen LogP contribution is 2.18. The maximum Gasteiger partial charge on any atom is 0.266 e. The van der Waals surface area contributed by atoms with E-state index >= 15 is 0 Å². The summed E-state index contributed by atoms with van der Waals surface area (Å²) in [5, 5.41) is 0.0218. The van der Waals surface area contributed by atoms with Gasteiger partial charge in [0.15, 0.2) is 11.5 Å². The van der Waals surface area contributed by atoms with E-state index in [1.54, 1.807) is 0 Å². The van der Waals surface area contributed by atoms with Crippen molar-refractivity contribution >= 4 is 27.9 Å². The molecule has 0 aliphatic rings. The first-order valence-corrected chi connectivity index (χ1v) is 9.95. The number of nitrogen functional groups attached to an aromatic ring is 1. The van der Waals surface area contributed by atoms with Gasteiger partial charge in [-0.15, -0.1) is 0 Å². The molecular formula is C22H18F3N7O. The van der Waals surface area contributed by atoms with Gasteiger partial charge in [-0.25, -0.2) is 33.1 Å². The number of nitrogens with zero attached hydrogens (tertiary/aromatic N) is 5. The second kappa shape index (κ2) is 9.07. The van der Waals surface area contributed by atoms with Crippen LogP contribution in [-0.4, -0.2) is 29.5 Å². The van der Waals surface area contributed by atoms with Crippen molar-refractivity contribution in [3.8, 4) is 5.69 Å². The molecule has 0 unspecified atom stereocenters. The summed E-state index contributed by atoms with van der Waals surface area (Å²) in [6.45, 7) is 1.88. The third-order valence-corrected chi connectivity index (χ3v) is 4.77. The van der Waals surface area contributed by atoms with E-state index in [9.17, 15) is 18.0 Å². The minimum Gasteiger partial charge on any atom is -0.382 e. The lowest BCUT2D eigenvalue weighted by Crippen LogP contribution is -2.25. The third kappa shape index (κ3) is 4.38. The Kier molecular flexibility index (Phi) is 6.03. The highest BCUT2D eigenvalue weighted by Gasteiger charge is 2.16. The van der Waals surface area contributed by atoms with Crippen LogP contribution in [-0.2, 0) is 6.42 Å². The first-order chi connectivity index (χ1) is 15.9. The molecule has 3 heterocycles. The topological polar surface area (TPSA) is 115 Å². The summed E-state index contributed by atoms with van der Waals surface area (Å²) in [6, 6.07) is 6.51. The first kappa shape index (κ1) is 21.9. The fourth-order valence-electron chi connectivity index (χ4n) is 3.28. The molecule has 0 bridgehead atoms. The summed E-state index contributed by atoms with van der Waals surface area (Å²) in [5.41, 5.74) is 6.26. The molecule has 5 rings (SSSR count). The largest absolute Gasteiger partial charge is 0.382 e. The second-order valence-corrected chi connectivity index (χ2v) is 7.04. The van der Waals surface area contributed by atoms with Crippen molar-refractivity contribution in [1.82, 2.24) is 29.5 Å². The second-order valence-electron chi connectivity index (χ2n) is 7.04. The smallest absolute Gasteiger partial charge is 0.266 e. The quantitative estimate of drug-likeness (QED) is 0.431. The van der Waals surface area contributed by atoms with Crippen LogP contribution in [0.1, 0.15) is 19.2 Å². The van der Waals surface area contributed by atoms with Gasteiger partial charge in [-0.3, -0.25) is 9.36 Å². The Morgan fingerprint density at radius 3 is 2.55 bits per heavy atom. The highest BCUT2D eigenvalue weighted by atomic mass is 19.1. The standard InChI is InChI=1S/C17H13F3N2O.C5H5N5/c1-2-3-16-21-14-7-5-10(18)8-12(14)17(23)22(16)15-9-11(19)4-6-13(15)20;6-4-3-5(9-1-7-3)10-2-8-4/h4-9H,2-3H2,1H3;1-2H,(H3,6,7,8,9,10). The van der Waals surface area contributed by atoms with Gasteiger partial charge in [-0.2, -0.15) is 0 Å². The van der Waals surface area contributed by atoms with Gasteiger partial charge >= 0.3 is 0 Å². The Hall–Kier alpha value is -4.28. The molecule has 5 aromatic rings. The fourth-order valence-corrected chi connectivity index (χ4v) is 3.28. The zero-order valence-corrected chi connectivity index (χ0v) is 17.4. The van der Waals surface area contributed by atoms with E-state index in [0.717, 1.165) is 28.8 Å². The molecular weight excluding hydrogens is 435 g/mol. The van der Waals surface area contributed by atoms with Crippen LogP contribution in [0, 0.1) is 17.5 Å². The molecule has 3 aromatic heterocycles. The zero-order chi connectivity index (χ0) is 23.5. The Balaban J connectivity index is 0.000000214. The summed E-state index contributed by atoms with van der Waals surface area (Å²) in [6.07, 6.45) is 3.99. The molecule has 0 atom stereocenters. The molecule has 33 heavy (non-hydrogen) atoms. The summed E-state index contributed by atoms with van der Waals surface area (Å²) in [4.78, 5) is 31.4. The van der Waals surface area contributed by atoms with Crippen LogP contribution in [0.25, 0.3) is 27.8 Å². The van der Waals surface area contributed by atoms with Gasteiger partial charge in [-0.05, 0) is 36.8 Å². The van der Waals surface area contributed by atoms with Crippen LogP contribution in [0.3, 0.4) is 0 Å². The molecule has 168 valence electrons. The molecule has 0 saturated heterocycles. The van der Waals surface area contributed by atoms with Crippen LogP contribution in [0.4, 0.5) is 19.0 Å². The van der Waals surface area contributed by atoms with E-state index in [-0.39, 0.29) is 11.1 Å². The molecule has 0 fully saturated rings. The maximum absolute atomic E-state index is 14.1. The minimum absolute atomic E-state index is 0.0218. The predicted molar refractivity (Wildman–Crippen MR) is 117 cm³/mol. The lowest BCUT2D eigenvalue weighted by molar-refractivity contribution is 0.586. The van der Waals surface area contributed by atoms with Crippen LogP contribution in [0.15, 0.2) is 53.8 Å². The molecule has 0 spiro atoms. The van der Waals surface area contributed by atoms with Gasteiger partial charge in [0.2, 0.25) is 0 Å². The third-order valence-electron chi connectivity index (χ3n) is 4.77. The average molecular weight is 453 g/mol. The average Bonchev–Trinajstić information content (AvgIpc) is 3.28. The molecule has 3 N–H and O–H groups in total. The number of aromatic nitrogens is 6. The SMILES string of the molecule is CCCc1nc2ccc(F)cc2c(=O)n1-c1cc(F)ccc1F.Nc1ncnc2nc[nH]c12. The highest BCUT2D eigenvalue weighted by molar-refractivity contribution is 5.80. The van der Waals surface area contributed by atoms with Gasteiger partial charge in [-0.1, -0.05) is 6.92 Å². The number of hydrogen-bond donors (Lipinski definition) is 2. The normalized spacial score (nSPS) is 10.9. The summed E-state index contributed by atoms with van der Waals surface area (Å²) >= 11 is 0. The number of anilines is 1. The predicted octanol–water partition coefficient (Wildman–Crippen LogP) is 3.69. The number of nitrogens with two attached hydrogens (primary N) is 1. The van der Waals surface area contributed by atoms with Gasteiger partial charge in [0.05, 0.1) is 22.9 Å². The van der Waals surface area contributed by atoms with Gasteiger partial charge in [0.25, 0.3) is 5.56 Å². The number of hydrogen-bond acceptors (Lipinski definition) is 6. The Morgan fingerprint density at radius 2 is 1.79 bits per heavy atom. The van der Waals surface area contributed by atoms with Gasteiger partial charge in [0, 0.05) is 12.5 Å². The molecule has 0 radical (unpaired) electrons. The lowest BCUT2D eigenvalue weighted by atomic mass is 10.2. The van der Waals surface area contributed by atoms with Gasteiger partial charge in [0.1, 0.15) is 35.1 Å². The molecule has 2 aromatic carbocycles. The molecule has 11 heteroatoms. The van der Waals surface area contributed by atoms with E-state index in [0.29, 0.717) is 41.2 Å². The Morgan fingerprint density at radius 1 is 1.03 bits per heavy atom. The number of rotatable bonds is 3. The van der Waals surface area contributed by atoms with Crippen molar-refractivity contribution in [2.24, 2.45) is 0 Å². The van der Waals surface area contributed by atoms with Crippen LogP contribution in [0.2, 0.25) is 0 Å². The van der Waals surface area contributed by atoms with Crippen molar-refractivity contribution in [2.45, 2.75) is 19.8 Å². The number of H-pyrrole nitrogens is 1. The van der Waals surface area contributed by atoms with Crippen molar-refractivity contribution in [3.63, 3.8) is 0 Å². The van der Waals surface area contributed by atoms with E-state index in [1.165, 1.54) is 24.8 Å². The molecule has 0 amide bonds. The van der Waals surface area contributed by atoms with E-state index < -0.39 is 23.0 Å². The van der Waals surface area contributed by atoms with E-state index in [1.807, 2.05) is 6.92 Å². The number of halogens is 3. The number of aromatic amines is 1. The summed E-state index contributed by atoms with van der Waals surface area (Å²) in [7, 11) is 0. The molecule has 0 aliphatic carbocycles. The molecule has 0 saturated carbocycles. The zero-order valence-electron chi connectivity index (χ0n) is 17.4. The lowest BCUT2D eigenvalue weighted by Gasteiger charge is -2.14. The van der Waals surface area contributed by atoms with Crippen molar-refractivity contribution in [3.05, 3.63) is 82.7 Å². The monoisotopic (exact) mass is 453 g/mol. The maximum atomic E-state index is 14.1. The van der Waals surface area contributed by atoms with Crippen LogP contribution in [0.5, 0.6) is 0 Å². The first-order valence-electron chi connectivity index (χ1n) is 9.95. The van der Waals surface area contributed by atoms with Crippen LogP contribution >= 0.6 is 0 Å². The van der Waals surface area contributed by atoms with Crippen LogP contribution < -0.4 is 11.3 Å². The van der Waals surface area contributed by atoms with Gasteiger partial charge < -0.3 is 10.7 Å². The Bertz CT molecular complexity index is 1510. The Labute approximate surface area is 185 Å². The van der Waals surface area contributed by atoms with E-state index in [2.05, 4.69) is 24.9 Å². The summed E-state index contributed by atoms with van der Waals surface area (Å²) < 4.78 is 42.1. The number of imidazole rings is 1.